The van der Waals surface area contributed by atoms with E-state index in [0.29, 0.717) is 4.83 Å². The largest absolute Gasteiger partial charge is 0.0884 e. The fraction of sp³-hybridized carbons (Fsp3) is 0.444. The Morgan fingerprint density at radius 2 is 1.68 bits per heavy atom. The van der Waals surface area contributed by atoms with Crippen molar-refractivity contribution >= 4 is 26.7 Å². The molecule has 1 atom stereocenters. The zero-order chi connectivity index (χ0) is 13.1. The summed E-state index contributed by atoms with van der Waals surface area (Å²) in [7, 11) is 0. The smallest absolute Gasteiger partial charge is 0.0214 e. The number of rotatable bonds is 3. The van der Waals surface area contributed by atoms with Crippen molar-refractivity contribution < 1.29 is 0 Å². The highest BCUT2D eigenvalue weighted by Gasteiger charge is 2.21. The second-order valence-corrected chi connectivity index (χ2v) is 6.93. The fourth-order valence-corrected chi connectivity index (χ4v) is 4.22. The zero-order valence-electron chi connectivity index (χ0n) is 11.3. The Bertz CT molecular complexity index is 535. The Morgan fingerprint density at radius 1 is 0.947 bits per heavy atom. The lowest BCUT2D eigenvalue weighted by atomic mass is 9.84. The maximum atomic E-state index is 3.96. The number of alkyl halides is 1. The molecule has 0 spiro atoms. The number of hydrogen-bond donors (Lipinski definition) is 0. The molecule has 0 saturated heterocycles. The van der Waals surface area contributed by atoms with Gasteiger partial charge >= 0.3 is 0 Å². The summed E-state index contributed by atoms with van der Waals surface area (Å²) < 4.78 is 0. The molecule has 0 amide bonds. The molecule has 1 heteroatoms. The molecule has 0 bridgehead atoms. The van der Waals surface area contributed by atoms with E-state index in [4.69, 9.17) is 0 Å². The summed E-state index contributed by atoms with van der Waals surface area (Å²) >= 11 is 3.96. The van der Waals surface area contributed by atoms with E-state index in [1.807, 2.05) is 0 Å². The van der Waals surface area contributed by atoms with E-state index in [1.54, 1.807) is 0 Å². The molecule has 0 N–H and O–H groups in total. The summed E-state index contributed by atoms with van der Waals surface area (Å²) in [6.45, 7) is 0. The average Bonchev–Trinajstić information content (AvgIpc) is 2.48. The van der Waals surface area contributed by atoms with Crippen LogP contribution < -0.4 is 0 Å². The second-order valence-electron chi connectivity index (χ2n) is 5.76. The molecule has 3 rings (SSSR count). The summed E-state index contributed by atoms with van der Waals surface area (Å²) in [6.07, 6.45) is 8.24. The predicted molar refractivity (Wildman–Crippen MR) is 86.9 cm³/mol. The SMILES string of the molecule is BrC(Cc1cccc2ccccc12)C1CCCCC1. The van der Waals surface area contributed by atoms with Crippen LogP contribution in [-0.4, -0.2) is 4.83 Å². The van der Waals surface area contributed by atoms with Crippen LogP contribution in [0.1, 0.15) is 37.7 Å². The first-order valence-corrected chi connectivity index (χ1v) is 8.37. The van der Waals surface area contributed by atoms with Gasteiger partial charge in [0.25, 0.3) is 0 Å². The Hall–Kier alpha value is -0.820. The van der Waals surface area contributed by atoms with Crippen LogP contribution in [0.3, 0.4) is 0 Å². The first-order valence-electron chi connectivity index (χ1n) is 7.45. The van der Waals surface area contributed by atoms with Crippen LogP contribution in [0.5, 0.6) is 0 Å². The lowest BCUT2D eigenvalue weighted by molar-refractivity contribution is 0.351. The predicted octanol–water partition coefficient (Wildman–Crippen LogP) is 5.73. The van der Waals surface area contributed by atoms with E-state index in [2.05, 4.69) is 58.4 Å². The van der Waals surface area contributed by atoms with Crippen molar-refractivity contribution in [2.75, 3.05) is 0 Å². The van der Waals surface area contributed by atoms with Gasteiger partial charge in [-0.2, -0.15) is 0 Å². The average molecular weight is 317 g/mol. The Balaban J connectivity index is 1.80. The highest BCUT2D eigenvalue weighted by atomic mass is 79.9. The molecule has 2 aromatic carbocycles. The molecule has 0 heterocycles. The van der Waals surface area contributed by atoms with Gasteiger partial charge in [0.05, 0.1) is 0 Å². The third-order valence-electron chi connectivity index (χ3n) is 4.46. The van der Waals surface area contributed by atoms with E-state index < -0.39 is 0 Å². The molecule has 2 aromatic rings. The Kier molecular flexibility index (Phi) is 4.22. The monoisotopic (exact) mass is 316 g/mol. The molecule has 1 fully saturated rings. The van der Waals surface area contributed by atoms with Crippen LogP contribution in [-0.2, 0) is 6.42 Å². The summed E-state index contributed by atoms with van der Waals surface area (Å²) in [5.41, 5.74) is 1.49. The third kappa shape index (κ3) is 3.02. The van der Waals surface area contributed by atoms with E-state index in [9.17, 15) is 0 Å². The molecule has 100 valence electrons. The minimum atomic E-state index is 0.638. The first-order chi connectivity index (χ1) is 9.34. The van der Waals surface area contributed by atoms with Crippen LogP contribution >= 0.6 is 15.9 Å². The van der Waals surface area contributed by atoms with E-state index in [1.165, 1.54) is 48.4 Å². The fourth-order valence-electron chi connectivity index (χ4n) is 3.34. The lowest BCUT2D eigenvalue weighted by Gasteiger charge is -2.26. The van der Waals surface area contributed by atoms with Crippen LogP contribution in [0.15, 0.2) is 42.5 Å². The Morgan fingerprint density at radius 3 is 2.53 bits per heavy atom. The van der Waals surface area contributed by atoms with Gasteiger partial charge in [-0.1, -0.05) is 77.7 Å². The van der Waals surface area contributed by atoms with Crippen molar-refractivity contribution in [2.45, 2.75) is 43.4 Å². The van der Waals surface area contributed by atoms with Gasteiger partial charge in [-0.25, -0.2) is 0 Å². The molecular formula is C18H21Br. The summed E-state index contributed by atoms with van der Waals surface area (Å²) in [5.74, 6) is 0.868. The maximum Gasteiger partial charge on any atom is 0.0214 e. The molecule has 1 aliphatic rings. The highest BCUT2D eigenvalue weighted by molar-refractivity contribution is 9.09. The van der Waals surface area contributed by atoms with Gasteiger partial charge in [0.2, 0.25) is 0 Å². The number of benzene rings is 2. The van der Waals surface area contributed by atoms with Crippen LogP contribution in [0.2, 0.25) is 0 Å². The minimum absolute atomic E-state index is 0.638. The van der Waals surface area contributed by atoms with Crippen LogP contribution in [0.4, 0.5) is 0 Å². The van der Waals surface area contributed by atoms with Crippen molar-refractivity contribution in [3.05, 3.63) is 48.0 Å². The summed E-state index contributed by atoms with van der Waals surface area (Å²) in [4.78, 5) is 0.638. The molecule has 1 saturated carbocycles. The van der Waals surface area contributed by atoms with Crippen molar-refractivity contribution in [3.8, 4) is 0 Å². The molecule has 0 radical (unpaired) electrons. The van der Waals surface area contributed by atoms with Gasteiger partial charge in [-0.3, -0.25) is 0 Å². The van der Waals surface area contributed by atoms with E-state index in [0.717, 1.165) is 12.3 Å². The normalized spacial score (nSPS) is 18.6. The summed E-state index contributed by atoms with van der Waals surface area (Å²) in [6, 6.07) is 15.4. The van der Waals surface area contributed by atoms with Crippen LogP contribution in [0, 0.1) is 5.92 Å². The van der Waals surface area contributed by atoms with Gasteiger partial charge < -0.3 is 0 Å². The zero-order valence-corrected chi connectivity index (χ0v) is 12.9. The van der Waals surface area contributed by atoms with Crippen molar-refractivity contribution in [2.24, 2.45) is 5.92 Å². The standard InChI is InChI=1S/C18H21Br/c19-18(15-8-2-1-3-9-15)13-16-11-6-10-14-7-4-5-12-17(14)16/h4-7,10-12,15,18H,1-3,8-9,13H2. The van der Waals surface area contributed by atoms with Gasteiger partial charge in [-0.05, 0) is 41.5 Å². The molecular weight excluding hydrogens is 296 g/mol. The maximum absolute atomic E-state index is 3.96. The van der Waals surface area contributed by atoms with E-state index >= 15 is 0 Å². The quantitative estimate of drug-likeness (QED) is 0.635. The second kappa shape index (κ2) is 6.09. The molecule has 19 heavy (non-hydrogen) atoms. The van der Waals surface area contributed by atoms with Gasteiger partial charge in [-0.15, -0.1) is 0 Å². The molecule has 0 aromatic heterocycles. The van der Waals surface area contributed by atoms with Crippen molar-refractivity contribution in [1.82, 2.24) is 0 Å². The molecule has 1 aliphatic carbocycles. The summed E-state index contributed by atoms with van der Waals surface area (Å²) in [5, 5.41) is 2.79. The van der Waals surface area contributed by atoms with Gasteiger partial charge in [0, 0.05) is 4.83 Å². The van der Waals surface area contributed by atoms with Crippen molar-refractivity contribution in [1.29, 1.82) is 0 Å². The van der Waals surface area contributed by atoms with Gasteiger partial charge in [0.15, 0.2) is 0 Å². The minimum Gasteiger partial charge on any atom is -0.0884 e. The van der Waals surface area contributed by atoms with Gasteiger partial charge in [0.1, 0.15) is 0 Å². The topological polar surface area (TPSA) is 0 Å². The lowest BCUT2D eigenvalue weighted by Crippen LogP contribution is -2.19. The van der Waals surface area contributed by atoms with Crippen LogP contribution in [0.25, 0.3) is 10.8 Å². The molecule has 0 aliphatic heterocycles. The highest BCUT2D eigenvalue weighted by Crippen LogP contribution is 2.33. The number of halogens is 1. The van der Waals surface area contributed by atoms with E-state index in [-0.39, 0.29) is 0 Å². The molecule has 1 unspecified atom stereocenters. The first kappa shape index (κ1) is 13.2. The van der Waals surface area contributed by atoms with Crippen molar-refractivity contribution in [3.63, 3.8) is 0 Å². The number of hydrogen-bond acceptors (Lipinski definition) is 0. The number of fused-ring (bicyclic) bond motifs is 1. The third-order valence-corrected chi connectivity index (χ3v) is 5.53. The molecule has 0 nitrogen and oxygen atoms in total. The Labute approximate surface area is 124 Å².